The highest BCUT2D eigenvalue weighted by Gasteiger charge is 2.11. The Labute approximate surface area is 124 Å². The van der Waals surface area contributed by atoms with Crippen LogP contribution in [0.1, 0.15) is 18.9 Å². The zero-order valence-electron chi connectivity index (χ0n) is 11.5. The van der Waals surface area contributed by atoms with Crippen molar-refractivity contribution in [3.05, 3.63) is 29.8 Å². The number of hydrogen-bond donors (Lipinski definition) is 2. The maximum Gasteiger partial charge on any atom is 0.260 e. The van der Waals surface area contributed by atoms with Gasteiger partial charge in [-0.1, -0.05) is 12.2 Å². The number of nitrogens with two attached hydrogens (primary N) is 1. The number of amides is 1. The Morgan fingerprint density at radius 1 is 1.40 bits per heavy atom. The number of aliphatic hydroxyl groups excluding tert-OH is 1. The molecule has 0 aliphatic carbocycles. The van der Waals surface area contributed by atoms with Gasteiger partial charge in [0, 0.05) is 25.3 Å². The molecule has 0 aromatic heterocycles. The molecule has 0 aliphatic rings. The quantitative estimate of drug-likeness (QED) is 0.698. The fourth-order valence-corrected chi connectivity index (χ4v) is 1.81. The molecule has 0 atom stereocenters. The Morgan fingerprint density at radius 3 is 2.55 bits per heavy atom. The van der Waals surface area contributed by atoms with E-state index in [2.05, 4.69) is 0 Å². The van der Waals surface area contributed by atoms with Crippen LogP contribution in [0.3, 0.4) is 0 Å². The molecule has 0 bridgehead atoms. The van der Waals surface area contributed by atoms with Crippen molar-refractivity contribution in [1.82, 2.24) is 4.90 Å². The summed E-state index contributed by atoms with van der Waals surface area (Å²) >= 11 is 4.86. The smallest absolute Gasteiger partial charge is 0.260 e. The van der Waals surface area contributed by atoms with Crippen LogP contribution >= 0.6 is 12.2 Å². The van der Waals surface area contributed by atoms with Crippen LogP contribution in [-0.2, 0) is 4.79 Å². The van der Waals surface area contributed by atoms with E-state index >= 15 is 0 Å². The molecule has 3 N–H and O–H groups in total. The minimum absolute atomic E-state index is 0.0221. The molecule has 20 heavy (non-hydrogen) atoms. The molecule has 0 radical (unpaired) electrons. The highest BCUT2D eigenvalue weighted by atomic mass is 32.1. The standard InChI is InChI=1S/C14H20N2O3S/c1-2-16(8-3-9-17)13(18)10-19-12-6-4-11(5-7-12)14(15)20/h4-7,17H,2-3,8-10H2,1H3,(H2,15,20). The lowest BCUT2D eigenvalue weighted by Crippen LogP contribution is -2.35. The van der Waals surface area contributed by atoms with Crippen LogP contribution < -0.4 is 10.5 Å². The third-order valence-electron chi connectivity index (χ3n) is 2.82. The predicted octanol–water partition coefficient (Wildman–Crippen LogP) is 0.930. The van der Waals surface area contributed by atoms with Crippen LogP contribution in [0.4, 0.5) is 0 Å². The number of carbonyl (C=O) groups excluding carboxylic acids is 1. The van der Waals surface area contributed by atoms with E-state index in [0.717, 1.165) is 5.56 Å². The van der Waals surface area contributed by atoms with Crippen LogP contribution in [0.15, 0.2) is 24.3 Å². The number of carbonyl (C=O) groups is 1. The van der Waals surface area contributed by atoms with E-state index in [1.807, 2.05) is 6.92 Å². The molecule has 0 unspecified atom stereocenters. The molecule has 1 rings (SSSR count). The summed E-state index contributed by atoms with van der Waals surface area (Å²) in [7, 11) is 0. The lowest BCUT2D eigenvalue weighted by molar-refractivity contribution is -0.133. The number of aliphatic hydroxyl groups is 1. The first kappa shape index (κ1) is 16.4. The fraction of sp³-hybridized carbons (Fsp3) is 0.429. The van der Waals surface area contributed by atoms with Crippen molar-refractivity contribution in [3.63, 3.8) is 0 Å². The zero-order chi connectivity index (χ0) is 15.0. The lowest BCUT2D eigenvalue weighted by Gasteiger charge is -2.20. The topological polar surface area (TPSA) is 75.8 Å². The second kappa shape index (κ2) is 8.50. The second-order valence-electron chi connectivity index (χ2n) is 4.23. The molecular weight excluding hydrogens is 276 g/mol. The molecule has 5 nitrogen and oxygen atoms in total. The monoisotopic (exact) mass is 296 g/mol. The minimum atomic E-state index is -0.0978. The minimum Gasteiger partial charge on any atom is -0.484 e. The highest BCUT2D eigenvalue weighted by molar-refractivity contribution is 7.80. The summed E-state index contributed by atoms with van der Waals surface area (Å²) in [4.78, 5) is 13.9. The van der Waals surface area contributed by atoms with Crippen molar-refractivity contribution in [3.8, 4) is 5.75 Å². The number of nitrogens with zero attached hydrogens (tertiary/aromatic N) is 1. The summed E-state index contributed by atoms with van der Waals surface area (Å²) < 4.78 is 5.43. The van der Waals surface area contributed by atoms with E-state index in [9.17, 15) is 4.79 Å². The molecule has 1 aromatic rings. The van der Waals surface area contributed by atoms with Crippen molar-refractivity contribution in [2.24, 2.45) is 5.73 Å². The lowest BCUT2D eigenvalue weighted by atomic mass is 10.2. The van der Waals surface area contributed by atoms with Crippen LogP contribution in [0.2, 0.25) is 0 Å². The average Bonchev–Trinajstić information content (AvgIpc) is 2.46. The first-order chi connectivity index (χ1) is 9.58. The van der Waals surface area contributed by atoms with E-state index in [4.69, 9.17) is 27.8 Å². The second-order valence-corrected chi connectivity index (χ2v) is 4.67. The van der Waals surface area contributed by atoms with Gasteiger partial charge in [0.25, 0.3) is 5.91 Å². The van der Waals surface area contributed by atoms with Gasteiger partial charge in [-0.2, -0.15) is 0 Å². The van der Waals surface area contributed by atoms with Crippen molar-refractivity contribution in [2.45, 2.75) is 13.3 Å². The van der Waals surface area contributed by atoms with Crippen LogP contribution in [0, 0.1) is 0 Å². The maximum atomic E-state index is 11.9. The van der Waals surface area contributed by atoms with Crippen LogP contribution in [0.5, 0.6) is 5.75 Å². The van der Waals surface area contributed by atoms with Crippen molar-refractivity contribution in [2.75, 3.05) is 26.3 Å². The molecular formula is C14H20N2O3S. The highest BCUT2D eigenvalue weighted by Crippen LogP contribution is 2.12. The third kappa shape index (κ3) is 5.14. The van der Waals surface area contributed by atoms with Crippen molar-refractivity contribution >= 4 is 23.1 Å². The third-order valence-corrected chi connectivity index (χ3v) is 3.06. The molecule has 0 heterocycles. The van der Waals surface area contributed by atoms with E-state index in [0.29, 0.717) is 30.2 Å². The summed E-state index contributed by atoms with van der Waals surface area (Å²) in [5.41, 5.74) is 6.26. The Balaban J connectivity index is 2.49. The van der Waals surface area contributed by atoms with Gasteiger partial charge in [0.2, 0.25) is 0 Å². The van der Waals surface area contributed by atoms with Gasteiger partial charge >= 0.3 is 0 Å². The predicted molar refractivity (Wildman–Crippen MR) is 81.8 cm³/mol. The molecule has 0 aliphatic heterocycles. The van der Waals surface area contributed by atoms with E-state index in [1.54, 1.807) is 29.2 Å². The van der Waals surface area contributed by atoms with E-state index in [-0.39, 0.29) is 19.1 Å². The summed E-state index contributed by atoms with van der Waals surface area (Å²) in [6.45, 7) is 3.08. The van der Waals surface area contributed by atoms with Gasteiger partial charge in [0.15, 0.2) is 6.61 Å². The fourth-order valence-electron chi connectivity index (χ4n) is 1.67. The Morgan fingerprint density at radius 2 is 2.05 bits per heavy atom. The average molecular weight is 296 g/mol. The number of likely N-dealkylation sites (N-methyl/N-ethyl adjacent to an activating group) is 1. The summed E-state index contributed by atoms with van der Waals surface area (Å²) in [6.07, 6.45) is 0.572. The molecule has 0 saturated heterocycles. The molecule has 110 valence electrons. The molecule has 6 heteroatoms. The van der Waals surface area contributed by atoms with Gasteiger partial charge < -0.3 is 20.5 Å². The van der Waals surface area contributed by atoms with Gasteiger partial charge in [0.05, 0.1) is 0 Å². The summed E-state index contributed by atoms with van der Waals surface area (Å²) in [5, 5.41) is 8.78. The van der Waals surface area contributed by atoms with Crippen LogP contribution in [-0.4, -0.2) is 47.2 Å². The SMILES string of the molecule is CCN(CCCO)C(=O)COc1ccc(C(N)=S)cc1. The van der Waals surface area contributed by atoms with Crippen LogP contribution in [0.25, 0.3) is 0 Å². The number of hydrogen-bond acceptors (Lipinski definition) is 4. The molecule has 0 saturated carbocycles. The maximum absolute atomic E-state index is 11.9. The number of rotatable bonds is 8. The van der Waals surface area contributed by atoms with E-state index < -0.39 is 0 Å². The Kier molecular flexibility index (Phi) is 6.97. The molecule has 1 aromatic carbocycles. The van der Waals surface area contributed by atoms with Gasteiger partial charge in [0.1, 0.15) is 10.7 Å². The first-order valence-corrected chi connectivity index (χ1v) is 6.90. The van der Waals surface area contributed by atoms with Crippen molar-refractivity contribution < 1.29 is 14.6 Å². The Hall–Kier alpha value is -1.66. The van der Waals surface area contributed by atoms with E-state index in [1.165, 1.54) is 0 Å². The summed E-state index contributed by atoms with van der Waals surface area (Å²) in [5.74, 6) is 0.496. The Bertz CT molecular complexity index is 448. The van der Waals surface area contributed by atoms with Gasteiger partial charge in [-0.25, -0.2) is 0 Å². The largest absolute Gasteiger partial charge is 0.484 e. The molecule has 0 spiro atoms. The first-order valence-electron chi connectivity index (χ1n) is 6.49. The van der Waals surface area contributed by atoms with Gasteiger partial charge in [-0.3, -0.25) is 4.79 Å². The number of ether oxygens (including phenoxy) is 1. The van der Waals surface area contributed by atoms with Crippen molar-refractivity contribution in [1.29, 1.82) is 0 Å². The summed E-state index contributed by atoms with van der Waals surface area (Å²) in [6, 6.07) is 6.97. The normalized spacial score (nSPS) is 10.1. The number of thiocarbonyl (C=S) groups is 1. The van der Waals surface area contributed by atoms with Gasteiger partial charge in [-0.05, 0) is 37.6 Å². The number of benzene rings is 1. The van der Waals surface area contributed by atoms with Gasteiger partial charge in [-0.15, -0.1) is 0 Å². The zero-order valence-corrected chi connectivity index (χ0v) is 12.4. The molecule has 0 fully saturated rings. The molecule has 1 amide bonds.